The van der Waals surface area contributed by atoms with Crippen LogP contribution in [0.15, 0.2) is 29.4 Å². The largest absolute Gasteiger partial charge is 0.396 e. The molecule has 0 amide bonds. The number of rotatable bonds is 5. The molecule has 0 radical (unpaired) electrons. The molecule has 9 heteroatoms. The Balaban J connectivity index is 1.41. The van der Waals surface area contributed by atoms with Crippen LogP contribution >= 0.6 is 0 Å². The van der Waals surface area contributed by atoms with Crippen molar-refractivity contribution in [2.75, 3.05) is 17.2 Å². The number of aliphatic imine (C=N–C) groups is 1. The maximum Gasteiger partial charge on any atom is 0.223 e. The summed E-state index contributed by atoms with van der Waals surface area (Å²) in [5, 5.41) is 26.1. The van der Waals surface area contributed by atoms with Crippen LogP contribution in [0.4, 0.5) is 26.1 Å². The Morgan fingerprint density at radius 2 is 1.72 bits per heavy atom. The molecule has 4 N–H and O–H groups in total. The highest BCUT2D eigenvalue weighted by Crippen LogP contribution is 2.39. The molecule has 0 spiro atoms. The number of aliphatic hydroxyl groups excluding tert-OH is 2. The summed E-state index contributed by atoms with van der Waals surface area (Å²) < 4.78 is 29.0. The number of aromatic nitrogens is 2. The number of hydrogen-bond donors (Lipinski definition) is 4. The number of amidine groups is 1. The van der Waals surface area contributed by atoms with Crippen LogP contribution in [0.1, 0.15) is 63.5 Å². The van der Waals surface area contributed by atoms with Gasteiger partial charge in [0, 0.05) is 18.6 Å². The Bertz CT molecular complexity index is 1060. The lowest BCUT2D eigenvalue weighted by Gasteiger charge is -2.33. The predicted octanol–water partition coefficient (Wildman–Crippen LogP) is 4.97. The number of fused-ring (bicyclic) bond motifs is 1. The minimum atomic E-state index is -0.690. The summed E-state index contributed by atoms with van der Waals surface area (Å²) in [6.07, 6.45) is 10.0. The molecule has 2 heterocycles. The minimum absolute atomic E-state index is 0.00547. The van der Waals surface area contributed by atoms with E-state index in [1.165, 1.54) is 18.2 Å². The van der Waals surface area contributed by atoms with E-state index in [1.807, 2.05) is 0 Å². The van der Waals surface area contributed by atoms with Crippen LogP contribution in [0.2, 0.25) is 0 Å². The zero-order chi connectivity index (χ0) is 25.1. The molecule has 0 bridgehead atoms. The Morgan fingerprint density at radius 1 is 1.00 bits per heavy atom. The number of nitrogens with zero attached hydrogens (tertiary/aromatic N) is 3. The van der Waals surface area contributed by atoms with Crippen LogP contribution in [-0.2, 0) is 6.42 Å². The third kappa shape index (κ3) is 5.67. The Morgan fingerprint density at radius 3 is 2.42 bits per heavy atom. The lowest BCUT2D eigenvalue weighted by molar-refractivity contribution is 0.126. The average molecular weight is 500 g/mol. The zero-order valence-electron chi connectivity index (χ0n) is 20.5. The van der Waals surface area contributed by atoms with Gasteiger partial charge in [-0.15, -0.1) is 0 Å². The van der Waals surface area contributed by atoms with Gasteiger partial charge in [0.25, 0.3) is 0 Å². The third-order valence-electron chi connectivity index (χ3n) is 8.09. The van der Waals surface area contributed by atoms with E-state index in [1.54, 1.807) is 6.20 Å². The smallest absolute Gasteiger partial charge is 0.223 e. The van der Waals surface area contributed by atoms with Crippen molar-refractivity contribution in [2.45, 2.75) is 76.4 Å². The van der Waals surface area contributed by atoms with Crippen LogP contribution in [-0.4, -0.2) is 44.8 Å². The van der Waals surface area contributed by atoms with E-state index in [4.69, 9.17) is 4.98 Å². The molecule has 1 unspecified atom stereocenters. The minimum Gasteiger partial charge on any atom is -0.396 e. The van der Waals surface area contributed by atoms with Crippen molar-refractivity contribution < 1.29 is 19.0 Å². The number of halogens is 2. The molecule has 1 atom stereocenters. The zero-order valence-corrected chi connectivity index (χ0v) is 20.5. The molecule has 36 heavy (non-hydrogen) atoms. The second-order valence-corrected chi connectivity index (χ2v) is 10.5. The molecule has 1 aromatic carbocycles. The number of aryl methyl sites for hydroxylation is 1. The summed E-state index contributed by atoms with van der Waals surface area (Å²) in [6, 6.07) is 4.02. The van der Waals surface area contributed by atoms with Crippen molar-refractivity contribution in [3.63, 3.8) is 0 Å². The lowest BCUT2D eigenvalue weighted by atomic mass is 9.74. The van der Waals surface area contributed by atoms with Crippen LogP contribution < -0.4 is 10.6 Å². The molecule has 2 aliphatic carbocycles. The van der Waals surface area contributed by atoms with Crippen LogP contribution in [0.5, 0.6) is 0 Å². The first-order valence-corrected chi connectivity index (χ1v) is 13.2. The summed E-state index contributed by atoms with van der Waals surface area (Å²) >= 11 is 0. The summed E-state index contributed by atoms with van der Waals surface area (Å²) in [6.45, 7) is 0.202. The van der Waals surface area contributed by atoms with Gasteiger partial charge in [0.15, 0.2) is 11.6 Å². The topological polar surface area (TPSA) is 103 Å². The molecular formula is C27H35F2N5O2. The number of benzene rings is 1. The van der Waals surface area contributed by atoms with Gasteiger partial charge in [-0.25, -0.2) is 23.7 Å². The second kappa shape index (κ2) is 11.2. The van der Waals surface area contributed by atoms with Crippen molar-refractivity contribution in [2.24, 2.45) is 22.7 Å². The normalized spacial score (nSPS) is 29.8. The fraction of sp³-hybridized carbons (Fsp3) is 0.593. The molecule has 1 aliphatic heterocycles. The van der Waals surface area contributed by atoms with Gasteiger partial charge in [-0.05, 0) is 88.2 Å². The second-order valence-electron chi connectivity index (χ2n) is 10.5. The van der Waals surface area contributed by atoms with Gasteiger partial charge < -0.3 is 20.8 Å². The Kier molecular flexibility index (Phi) is 7.76. The summed E-state index contributed by atoms with van der Waals surface area (Å²) in [5.41, 5.74) is 1.29. The van der Waals surface area contributed by atoms with Gasteiger partial charge in [0.1, 0.15) is 11.5 Å². The highest BCUT2D eigenvalue weighted by Gasteiger charge is 2.33. The molecule has 1 aromatic heterocycles. The molecule has 5 rings (SSSR count). The molecule has 0 saturated heterocycles. The van der Waals surface area contributed by atoms with Gasteiger partial charge in [-0.3, -0.25) is 0 Å². The highest BCUT2D eigenvalue weighted by molar-refractivity contribution is 6.00. The van der Waals surface area contributed by atoms with Crippen molar-refractivity contribution in [1.82, 2.24) is 9.97 Å². The van der Waals surface area contributed by atoms with Crippen molar-refractivity contribution in [1.29, 1.82) is 0 Å². The van der Waals surface area contributed by atoms with E-state index < -0.39 is 11.6 Å². The van der Waals surface area contributed by atoms with Gasteiger partial charge in [-0.1, -0.05) is 6.07 Å². The van der Waals surface area contributed by atoms with E-state index in [2.05, 4.69) is 20.6 Å². The van der Waals surface area contributed by atoms with Gasteiger partial charge in [0.05, 0.1) is 23.7 Å². The molecule has 2 saturated carbocycles. The van der Waals surface area contributed by atoms with Crippen molar-refractivity contribution >= 4 is 23.2 Å². The summed E-state index contributed by atoms with van der Waals surface area (Å²) in [7, 11) is 0. The highest BCUT2D eigenvalue weighted by atomic mass is 19.1. The van der Waals surface area contributed by atoms with Crippen LogP contribution in [0.25, 0.3) is 0 Å². The molecule has 194 valence electrons. The van der Waals surface area contributed by atoms with Crippen LogP contribution in [0, 0.1) is 29.4 Å². The maximum absolute atomic E-state index is 14.5. The number of aliphatic hydroxyl groups is 2. The van der Waals surface area contributed by atoms with E-state index in [0.717, 1.165) is 63.5 Å². The Hall–Kier alpha value is -2.65. The molecule has 3 aliphatic rings. The summed E-state index contributed by atoms with van der Waals surface area (Å²) in [5.74, 6) is 0.363. The van der Waals surface area contributed by atoms with Crippen LogP contribution in [0.3, 0.4) is 0 Å². The fourth-order valence-corrected chi connectivity index (χ4v) is 5.90. The average Bonchev–Trinajstić information content (AvgIpc) is 3.07. The van der Waals surface area contributed by atoms with Gasteiger partial charge in [-0.2, -0.15) is 0 Å². The standard InChI is InChI=1S/C27H35F2N5O2/c28-21-2-1-3-22(29)25(21)34-26-20(17-6-4-16(15-35)5-7-17)12-13-23-24(32-26)14-30-27(33-23)31-18-8-10-19(36)11-9-18/h1-3,14,16-20,35-36H,4-13,15H2,(H,32,34)(H,30,31,33). The maximum atomic E-state index is 14.5. The monoisotopic (exact) mass is 499 g/mol. The van der Waals surface area contributed by atoms with E-state index >= 15 is 0 Å². The first kappa shape index (κ1) is 25.0. The van der Waals surface area contributed by atoms with E-state index in [9.17, 15) is 19.0 Å². The predicted molar refractivity (Wildman–Crippen MR) is 135 cm³/mol. The summed E-state index contributed by atoms with van der Waals surface area (Å²) in [4.78, 5) is 13.8. The Labute approximate surface area is 210 Å². The first-order chi connectivity index (χ1) is 17.5. The fourth-order valence-electron chi connectivity index (χ4n) is 5.90. The third-order valence-corrected chi connectivity index (χ3v) is 8.09. The van der Waals surface area contributed by atoms with E-state index in [-0.39, 0.29) is 30.4 Å². The first-order valence-electron chi connectivity index (χ1n) is 13.2. The molecule has 2 fully saturated rings. The number of anilines is 2. The molecule has 2 aromatic rings. The molecule has 7 nitrogen and oxygen atoms in total. The van der Waals surface area contributed by atoms with E-state index in [0.29, 0.717) is 35.7 Å². The van der Waals surface area contributed by atoms with Crippen molar-refractivity contribution in [3.05, 3.63) is 41.7 Å². The number of hydrogen-bond acceptors (Lipinski definition) is 6. The quantitative estimate of drug-likeness (QED) is 0.463. The molecular weight excluding hydrogens is 464 g/mol. The van der Waals surface area contributed by atoms with Crippen molar-refractivity contribution in [3.8, 4) is 0 Å². The number of para-hydroxylation sites is 1. The van der Waals surface area contributed by atoms with Gasteiger partial charge >= 0.3 is 0 Å². The lowest BCUT2D eigenvalue weighted by Crippen LogP contribution is -2.32. The van der Waals surface area contributed by atoms with Gasteiger partial charge in [0.2, 0.25) is 5.95 Å². The number of nitrogens with one attached hydrogen (secondary N) is 2. The SMILES string of the molecule is OCC1CCC(C2CCc3nc(NC4CCC(O)CC4)ncc3NC2=Nc2c(F)cccc2F)CC1.